The molecular formula is C17H38O4Si3. The van der Waals surface area contributed by atoms with E-state index in [-0.39, 0.29) is 5.22 Å². The van der Waals surface area contributed by atoms with Gasteiger partial charge >= 0.3 is 5.97 Å². The summed E-state index contributed by atoms with van der Waals surface area (Å²) < 4.78 is 18.5. The van der Waals surface area contributed by atoms with Gasteiger partial charge in [0.2, 0.25) is 16.6 Å². The van der Waals surface area contributed by atoms with Crippen LogP contribution in [0.3, 0.4) is 0 Å². The average molecular weight is 391 g/mol. The third-order valence-corrected chi connectivity index (χ3v) is 15.3. The van der Waals surface area contributed by atoms with Gasteiger partial charge in [0.15, 0.2) is 8.32 Å². The summed E-state index contributed by atoms with van der Waals surface area (Å²) in [5.41, 5.74) is 0. The second-order valence-corrected chi connectivity index (χ2v) is 21.7. The number of rotatable bonds is 11. The van der Waals surface area contributed by atoms with E-state index in [0.717, 1.165) is 0 Å². The van der Waals surface area contributed by atoms with Crippen molar-refractivity contribution in [3.63, 3.8) is 0 Å². The molecule has 0 bridgehead atoms. The number of ether oxygens (including phenoxy) is 1. The summed E-state index contributed by atoms with van der Waals surface area (Å²) in [4.78, 5) is 11.3. The van der Waals surface area contributed by atoms with Gasteiger partial charge in [-0.3, -0.25) is 0 Å². The van der Waals surface area contributed by atoms with Gasteiger partial charge in [0, 0.05) is 6.08 Å². The van der Waals surface area contributed by atoms with Crippen LogP contribution in [-0.4, -0.2) is 42.4 Å². The first-order valence-electron chi connectivity index (χ1n) is 8.87. The highest BCUT2D eigenvalue weighted by Crippen LogP contribution is 2.32. The Kier molecular flexibility index (Phi) is 8.85. The van der Waals surface area contributed by atoms with Crippen LogP contribution in [0.5, 0.6) is 0 Å². The zero-order chi connectivity index (χ0) is 19.2. The van der Waals surface area contributed by atoms with Crippen LogP contribution in [0, 0.1) is 0 Å². The molecule has 0 aromatic rings. The lowest BCUT2D eigenvalue weighted by Crippen LogP contribution is -2.62. The Labute approximate surface area is 152 Å². The Morgan fingerprint density at radius 3 is 2.08 bits per heavy atom. The minimum atomic E-state index is -2.15. The lowest BCUT2D eigenvalue weighted by molar-refractivity contribution is -0.136. The molecular weight excluding hydrogens is 352 g/mol. The molecule has 0 unspecified atom stereocenters. The molecule has 0 atom stereocenters. The average Bonchev–Trinajstić information content (AvgIpc) is 2.40. The normalized spacial score (nSPS) is 13.7. The van der Waals surface area contributed by atoms with E-state index in [9.17, 15) is 4.79 Å². The third-order valence-electron chi connectivity index (χ3n) is 4.37. The molecule has 0 saturated carbocycles. The Morgan fingerprint density at radius 2 is 1.62 bits per heavy atom. The summed E-state index contributed by atoms with van der Waals surface area (Å²) in [6.45, 7) is 23.2. The van der Waals surface area contributed by atoms with Crippen LogP contribution in [0.4, 0.5) is 0 Å². The summed E-state index contributed by atoms with van der Waals surface area (Å²) >= 11 is 0. The van der Waals surface area contributed by atoms with E-state index in [1.807, 2.05) is 0 Å². The zero-order valence-electron chi connectivity index (χ0n) is 17.2. The molecule has 142 valence electrons. The van der Waals surface area contributed by atoms with Gasteiger partial charge in [-0.15, -0.1) is 0 Å². The maximum atomic E-state index is 11.3. The fourth-order valence-corrected chi connectivity index (χ4v) is 14.5. The van der Waals surface area contributed by atoms with Gasteiger partial charge in [-0.25, -0.2) is 4.79 Å². The monoisotopic (exact) mass is 390 g/mol. The molecule has 0 aromatic carbocycles. The smallest absolute Gasteiger partial charge is 0.329 e. The Morgan fingerprint density at radius 1 is 1.08 bits per heavy atom. The van der Waals surface area contributed by atoms with Crippen molar-refractivity contribution in [2.75, 3.05) is 6.23 Å². The number of esters is 1. The largest absolute Gasteiger partial charge is 0.463 e. The molecule has 0 radical (unpaired) electrons. The van der Waals surface area contributed by atoms with E-state index in [1.54, 1.807) is 0 Å². The molecule has 0 N–H and O–H groups in total. The molecule has 0 aliphatic heterocycles. The summed E-state index contributed by atoms with van der Waals surface area (Å²) in [7, 11) is -5.91. The van der Waals surface area contributed by atoms with Gasteiger partial charge < -0.3 is 13.3 Å². The first-order valence-corrected chi connectivity index (χ1v) is 18.0. The van der Waals surface area contributed by atoms with Crippen LogP contribution in [0.2, 0.25) is 45.3 Å². The molecule has 0 aromatic heterocycles. The van der Waals surface area contributed by atoms with Crippen LogP contribution in [0.1, 0.15) is 33.6 Å². The molecule has 4 nitrogen and oxygen atoms in total. The van der Waals surface area contributed by atoms with Crippen molar-refractivity contribution in [2.24, 2.45) is 0 Å². The van der Waals surface area contributed by atoms with E-state index >= 15 is 0 Å². The van der Waals surface area contributed by atoms with Crippen LogP contribution in [0.15, 0.2) is 12.7 Å². The van der Waals surface area contributed by atoms with Crippen molar-refractivity contribution < 1.29 is 18.1 Å². The molecule has 0 heterocycles. The number of unbranched alkanes of at least 4 members (excludes halogenated alkanes) is 1. The highest BCUT2D eigenvalue weighted by Gasteiger charge is 2.48. The van der Waals surface area contributed by atoms with Gasteiger partial charge in [-0.1, -0.05) is 26.3 Å². The van der Waals surface area contributed by atoms with Crippen LogP contribution >= 0.6 is 0 Å². The summed E-state index contributed by atoms with van der Waals surface area (Å²) in [5.74, 6) is -0.391. The molecule has 0 saturated heterocycles. The first-order chi connectivity index (χ1) is 10.7. The highest BCUT2D eigenvalue weighted by atomic mass is 28.4. The molecule has 0 rings (SSSR count). The van der Waals surface area contributed by atoms with Gasteiger partial charge in [-0.05, 0) is 59.2 Å². The highest BCUT2D eigenvalue weighted by molar-refractivity contribution is 6.86. The number of hydrogen-bond acceptors (Lipinski definition) is 4. The lowest BCUT2D eigenvalue weighted by atomic mass is 10.4. The SMILES string of the molecule is C=CC(=O)OC[Si](C)(C)OC(C)(C)[Si](C)(C)O[Si](C)(C)CCCC. The minimum Gasteiger partial charge on any atom is -0.463 e. The van der Waals surface area contributed by atoms with Crippen molar-refractivity contribution in [1.29, 1.82) is 0 Å². The van der Waals surface area contributed by atoms with E-state index in [2.05, 4.69) is 66.6 Å². The predicted octanol–water partition coefficient (Wildman–Crippen LogP) is 5.02. The topological polar surface area (TPSA) is 44.8 Å². The second kappa shape index (κ2) is 8.93. The Balaban J connectivity index is 4.98. The minimum absolute atomic E-state index is 0.334. The van der Waals surface area contributed by atoms with Crippen molar-refractivity contribution in [3.8, 4) is 0 Å². The maximum absolute atomic E-state index is 11.3. The quantitative estimate of drug-likeness (QED) is 0.282. The number of hydrogen-bond donors (Lipinski definition) is 0. The van der Waals surface area contributed by atoms with E-state index < -0.39 is 30.9 Å². The van der Waals surface area contributed by atoms with Gasteiger partial charge in [0.1, 0.15) is 6.23 Å². The van der Waals surface area contributed by atoms with Crippen molar-refractivity contribution >= 4 is 30.9 Å². The molecule has 24 heavy (non-hydrogen) atoms. The molecule has 0 spiro atoms. The molecule has 0 aliphatic carbocycles. The zero-order valence-corrected chi connectivity index (χ0v) is 20.2. The summed E-state index contributed by atoms with van der Waals surface area (Å²) in [5, 5.41) is -0.334. The van der Waals surface area contributed by atoms with E-state index in [1.165, 1.54) is 25.0 Å². The van der Waals surface area contributed by atoms with E-state index in [4.69, 9.17) is 13.3 Å². The van der Waals surface area contributed by atoms with E-state index in [0.29, 0.717) is 6.23 Å². The molecule has 0 fully saturated rings. The predicted molar refractivity (Wildman–Crippen MR) is 110 cm³/mol. The van der Waals surface area contributed by atoms with Gasteiger partial charge in [0.25, 0.3) is 0 Å². The van der Waals surface area contributed by atoms with Crippen molar-refractivity contribution in [3.05, 3.63) is 12.7 Å². The number of carbonyl (C=O) groups excluding carboxylic acids is 1. The van der Waals surface area contributed by atoms with Crippen molar-refractivity contribution in [2.45, 2.75) is 84.2 Å². The Bertz CT molecular complexity index is 432. The lowest BCUT2D eigenvalue weighted by Gasteiger charge is -2.47. The van der Waals surface area contributed by atoms with Gasteiger partial charge in [0.05, 0.1) is 5.22 Å². The maximum Gasteiger partial charge on any atom is 0.329 e. The summed E-state index contributed by atoms with van der Waals surface area (Å²) in [6, 6.07) is 1.19. The van der Waals surface area contributed by atoms with Gasteiger partial charge in [-0.2, -0.15) is 0 Å². The first kappa shape index (κ1) is 23.8. The number of carbonyl (C=O) groups is 1. The molecule has 0 amide bonds. The standard InChI is InChI=1S/C17H38O4Si3/c1-11-13-14-22(5,6)21-24(9,10)17(3,4)20-23(7,8)15-19-16(18)12-2/h12H,2,11,13-15H2,1,3-10H3. The van der Waals surface area contributed by atoms with Crippen LogP contribution in [0.25, 0.3) is 0 Å². The van der Waals surface area contributed by atoms with Crippen LogP contribution in [-0.2, 0) is 18.1 Å². The van der Waals surface area contributed by atoms with Crippen molar-refractivity contribution in [1.82, 2.24) is 0 Å². The molecule has 7 heteroatoms. The fraction of sp³-hybridized carbons (Fsp3) is 0.824. The molecule has 0 aliphatic rings. The Hall–Kier alpha value is -0.219. The fourth-order valence-electron chi connectivity index (χ4n) is 2.61. The second-order valence-electron chi connectivity index (χ2n) is 8.66. The van der Waals surface area contributed by atoms with Crippen LogP contribution < -0.4 is 0 Å². The third kappa shape index (κ3) is 8.24. The summed E-state index contributed by atoms with van der Waals surface area (Å²) in [6.07, 6.45) is 3.96.